The first-order valence-corrected chi connectivity index (χ1v) is 6.99. The van der Waals surface area contributed by atoms with E-state index in [1.807, 2.05) is 12.1 Å². The van der Waals surface area contributed by atoms with Crippen molar-refractivity contribution in [3.63, 3.8) is 0 Å². The van der Waals surface area contributed by atoms with E-state index in [1.54, 1.807) is 18.2 Å². The van der Waals surface area contributed by atoms with Crippen LogP contribution < -0.4 is 10.0 Å². The molecule has 1 rings (SSSR count). The molecule has 7 heteroatoms. The molecule has 0 fully saturated rings. The van der Waals surface area contributed by atoms with Crippen LogP contribution in [-0.4, -0.2) is 27.8 Å². The molecule has 0 heterocycles. The molecule has 1 aromatic carbocycles. The smallest absolute Gasteiger partial charge is 0.208 e. The van der Waals surface area contributed by atoms with Crippen LogP contribution in [0.25, 0.3) is 0 Å². The van der Waals surface area contributed by atoms with Crippen LogP contribution >= 0.6 is 0 Å². The molecule has 18 heavy (non-hydrogen) atoms. The molecule has 94 valence electrons. The van der Waals surface area contributed by atoms with E-state index in [0.29, 0.717) is 23.4 Å². The van der Waals surface area contributed by atoms with Gasteiger partial charge in [-0.05, 0) is 12.1 Å². The number of nitrogens with zero attached hydrogens (tertiary/aromatic N) is 2. The first kappa shape index (κ1) is 14.0. The molecule has 0 bridgehead atoms. The number of para-hydroxylation sites is 1. The van der Waals surface area contributed by atoms with E-state index in [4.69, 9.17) is 10.5 Å². The molecule has 0 amide bonds. The number of hydrogen-bond donors (Lipinski definition) is 2. The van der Waals surface area contributed by atoms with Crippen LogP contribution in [-0.2, 0) is 10.0 Å². The molecule has 1 aromatic rings. The highest BCUT2D eigenvalue weighted by Gasteiger charge is 2.07. The molecule has 0 aromatic heterocycles. The van der Waals surface area contributed by atoms with Gasteiger partial charge in [-0.15, -0.1) is 0 Å². The van der Waals surface area contributed by atoms with Crippen molar-refractivity contribution in [1.29, 1.82) is 10.5 Å². The monoisotopic (exact) mass is 264 g/mol. The zero-order valence-electron chi connectivity index (χ0n) is 9.77. The minimum absolute atomic E-state index is 0.184. The fourth-order valence-electron chi connectivity index (χ4n) is 1.35. The van der Waals surface area contributed by atoms with Gasteiger partial charge in [0, 0.05) is 13.1 Å². The van der Waals surface area contributed by atoms with Crippen molar-refractivity contribution in [2.24, 2.45) is 0 Å². The van der Waals surface area contributed by atoms with Gasteiger partial charge in [-0.3, -0.25) is 0 Å². The normalized spacial score (nSPS) is 10.4. The largest absolute Gasteiger partial charge is 0.382 e. The van der Waals surface area contributed by atoms with Gasteiger partial charge in [0.25, 0.3) is 0 Å². The van der Waals surface area contributed by atoms with Crippen LogP contribution in [0.15, 0.2) is 18.2 Å². The zero-order chi connectivity index (χ0) is 13.6. The van der Waals surface area contributed by atoms with E-state index in [-0.39, 0.29) is 6.54 Å². The Labute approximate surface area is 106 Å². The Morgan fingerprint density at radius 3 is 2.17 bits per heavy atom. The van der Waals surface area contributed by atoms with Crippen molar-refractivity contribution in [3.8, 4) is 12.1 Å². The maximum absolute atomic E-state index is 10.8. The number of anilines is 1. The summed E-state index contributed by atoms with van der Waals surface area (Å²) in [5, 5.41) is 20.7. The lowest BCUT2D eigenvalue weighted by Gasteiger charge is -2.09. The maximum Gasteiger partial charge on any atom is 0.208 e. The summed E-state index contributed by atoms with van der Waals surface area (Å²) < 4.78 is 24.0. The molecular formula is C11H12N4O2S. The van der Waals surface area contributed by atoms with Crippen LogP contribution in [0.1, 0.15) is 11.1 Å². The summed E-state index contributed by atoms with van der Waals surface area (Å²) in [4.78, 5) is 0. The minimum Gasteiger partial charge on any atom is -0.382 e. The van der Waals surface area contributed by atoms with Crippen molar-refractivity contribution in [1.82, 2.24) is 4.72 Å². The summed E-state index contributed by atoms with van der Waals surface area (Å²) in [6.07, 6.45) is 1.07. The summed E-state index contributed by atoms with van der Waals surface area (Å²) >= 11 is 0. The average Bonchev–Trinajstić information content (AvgIpc) is 2.33. The summed E-state index contributed by atoms with van der Waals surface area (Å²) in [6.45, 7) is 0.476. The van der Waals surface area contributed by atoms with Crippen LogP contribution in [0.2, 0.25) is 0 Å². The van der Waals surface area contributed by atoms with Crippen molar-refractivity contribution in [3.05, 3.63) is 29.3 Å². The molecule has 0 spiro atoms. The summed E-state index contributed by atoms with van der Waals surface area (Å²) in [5.74, 6) is 0. The maximum atomic E-state index is 10.8. The Morgan fingerprint density at radius 1 is 1.17 bits per heavy atom. The molecule has 0 unspecified atom stereocenters. The minimum atomic E-state index is -3.23. The Bertz CT molecular complexity index is 579. The lowest BCUT2D eigenvalue weighted by molar-refractivity contribution is 0.589. The van der Waals surface area contributed by atoms with E-state index in [2.05, 4.69) is 10.0 Å². The van der Waals surface area contributed by atoms with Crippen molar-refractivity contribution in [2.45, 2.75) is 0 Å². The quantitative estimate of drug-likeness (QED) is 0.748. The fourth-order valence-corrected chi connectivity index (χ4v) is 1.83. The van der Waals surface area contributed by atoms with Crippen molar-refractivity contribution >= 4 is 15.7 Å². The second-order valence-electron chi connectivity index (χ2n) is 3.55. The second-order valence-corrected chi connectivity index (χ2v) is 5.38. The molecule has 0 saturated heterocycles. The van der Waals surface area contributed by atoms with Gasteiger partial charge < -0.3 is 5.32 Å². The number of sulfonamides is 1. The summed E-state index contributed by atoms with van der Waals surface area (Å²) in [7, 11) is -3.23. The predicted octanol–water partition coefficient (Wildman–Crippen LogP) is 0.391. The molecule has 0 atom stereocenters. The molecule has 0 aliphatic carbocycles. The molecule has 0 saturated carbocycles. The van der Waals surface area contributed by atoms with Gasteiger partial charge in [-0.25, -0.2) is 13.1 Å². The topological polar surface area (TPSA) is 106 Å². The van der Waals surface area contributed by atoms with Gasteiger partial charge in [0.2, 0.25) is 10.0 Å². The van der Waals surface area contributed by atoms with Gasteiger partial charge in [0.1, 0.15) is 12.1 Å². The van der Waals surface area contributed by atoms with Gasteiger partial charge in [0.05, 0.1) is 23.1 Å². The zero-order valence-corrected chi connectivity index (χ0v) is 10.6. The number of benzene rings is 1. The molecule has 0 radical (unpaired) electrons. The van der Waals surface area contributed by atoms with E-state index in [0.717, 1.165) is 6.26 Å². The standard InChI is InChI=1S/C11H12N4O2S/c1-18(16,17)15-6-5-14-11-9(7-12)3-2-4-10(11)8-13/h2-4,14-15H,5-6H2,1H3. The molecular weight excluding hydrogens is 252 g/mol. The van der Waals surface area contributed by atoms with E-state index < -0.39 is 10.0 Å². The fraction of sp³-hybridized carbons (Fsp3) is 0.273. The second kappa shape index (κ2) is 6.01. The Balaban J connectivity index is 2.74. The van der Waals surface area contributed by atoms with Gasteiger partial charge >= 0.3 is 0 Å². The highest BCUT2D eigenvalue weighted by molar-refractivity contribution is 7.88. The predicted molar refractivity (Wildman–Crippen MR) is 67.2 cm³/mol. The third-order valence-electron chi connectivity index (χ3n) is 2.10. The Hall–Kier alpha value is -2.09. The van der Waals surface area contributed by atoms with Crippen LogP contribution in [0, 0.1) is 22.7 Å². The SMILES string of the molecule is CS(=O)(=O)NCCNc1c(C#N)cccc1C#N. The molecule has 2 N–H and O–H groups in total. The van der Waals surface area contributed by atoms with Crippen LogP contribution in [0.3, 0.4) is 0 Å². The number of hydrogen-bond acceptors (Lipinski definition) is 5. The van der Waals surface area contributed by atoms with E-state index in [1.165, 1.54) is 0 Å². The summed E-state index contributed by atoms with van der Waals surface area (Å²) in [5.41, 5.74) is 1.14. The van der Waals surface area contributed by atoms with Crippen LogP contribution in [0.4, 0.5) is 5.69 Å². The Kier molecular flexibility index (Phi) is 4.67. The molecule has 0 aliphatic heterocycles. The van der Waals surface area contributed by atoms with Crippen LogP contribution in [0.5, 0.6) is 0 Å². The number of nitrogens with one attached hydrogen (secondary N) is 2. The highest BCUT2D eigenvalue weighted by Crippen LogP contribution is 2.19. The lowest BCUT2D eigenvalue weighted by Crippen LogP contribution is -2.27. The van der Waals surface area contributed by atoms with Gasteiger partial charge in [-0.1, -0.05) is 6.07 Å². The van der Waals surface area contributed by atoms with E-state index >= 15 is 0 Å². The average molecular weight is 264 g/mol. The van der Waals surface area contributed by atoms with Crippen molar-refractivity contribution < 1.29 is 8.42 Å². The summed E-state index contributed by atoms with van der Waals surface area (Å²) in [6, 6.07) is 8.75. The lowest BCUT2D eigenvalue weighted by atomic mass is 10.1. The van der Waals surface area contributed by atoms with Gasteiger partial charge in [-0.2, -0.15) is 10.5 Å². The highest BCUT2D eigenvalue weighted by atomic mass is 32.2. The third-order valence-corrected chi connectivity index (χ3v) is 2.82. The number of nitriles is 2. The third kappa shape index (κ3) is 4.06. The van der Waals surface area contributed by atoms with Gasteiger partial charge in [0.15, 0.2) is 0 Å². The number of rotatable bonds is 5. The first-order chi connectivity index (χ1) is 8.48. The first-order valence-electron chi connectivity index (χ1n) is 5.09. The molecule has 6 nitrogen and oxygen atoms in total. The Morgan fingerprint density at radius 2 is 1.72 bits per heavy atom. The van der Waals surface area contributed by atoms with Crippen molar-refractivity contribution in [2.75, 3.05) is 24.7 Å². The molecule has 0 aliphatic rings. The van der Waals surface area contributed by atoms with E-state index in [9.17, 15) is 8.42 Å².